The number of aryl methyl sites for hydroxylation is 1. The second kappa shape index (κ2) is 7.32. The number of likely N-dealkylation sites (tertiary alicyclic amines) is 1. The molecular weight excluding hydrogens is 354 g/mol. The summed E-state index contributed by atoms with van der Waals surface area (Å²) in [5, 5.41) is 3.18. The Bertz CT molecular complexity index is 668. The van der Waals surface area contributed by atoms with Crippen molar-refractivity contribution >= 4 is 21.8 Å². The molecule has 1 atom stereocenters. The molecule has 1 N–H and O–H groups in total. The summed E-state index contributed by atoms with van der Waals surface area (Å²) >= 11 is 3.44. The minimum atomic E-state index is 0.0177. The van der Waals surface area contributed by atoms with Crippen molar-refractivity contribution in [2.75, 3.05) is 13.1 Å². The molecule has 0 bridgehead atoms. The highest BCUT2D eigenvalue weighted by molar-refractivity contribution is 9.10. The monoisotopic (exact) mass is 375 g/mol. The zero-order valence-corrected chi connectivity index (χ0v) is 14.9. The first-order valence-electron chi connectivity index (χ1n) is 8.08. The third-order valence-electron chi connectivity index (χ3n) is 4.29. The van der Waals surface area contributed by atoms with Gasteiger partial charge >= 0.3 is 0 Å². The molecule has 5 heteroatoms. The summed E-state index contributed by atoms with van der Waals surface area (Å²) in [6, 6.07) is 12.6. The van der Waals surface area contributed by atoms with E-state index in [1.54, 1.807) is 0 Å². The average Bonchev–Trinajstić information content (AvgIpc) is 3.14. The molecule has 2 aromatic rings. The van der Waals surface area contributed by atoms with Crippen LogP contribution in [-0.4, -0.2) is 34.5 Å². The van der Waals surface area contributed by atoms with Crippen molar-refractivity contribution in [2.45, 2.75) is 32.5 Å². The molecule has 1 amide bonds. The van der Waals surface area contributed by atoms with E-state index in [1.807, 2.05) is 29.8 Å². The first-order valence-corrected chi connectivity index (χ1v) is 8.88. The number of benzene rings is 1. The van der Waals surface area contributed by atoms with Crippen molar-refractivity contribution in [3.8, 4) is 0 Å². The molecule has 0 saturated carbocycles. The second-order valence-electron chi connectivity index (χ2n) is 6.01. The summed E-state index contributed by atoms with van der Waals surface area (Å²) in [5.74, 6) is 0.0177. The van der Waals surface area contributed by atoms with Gasteiger partial charge in [0.1, 0.15) is 5.69 Å². The van der Waals surface area contributed by atoms with Crippen LogP contribution in [0.4, 0.5) is 0 Å². The summed E-state index contributed by atoms with van der Waals surface area (Å²) < 4.78 is 2.91. The topological polar surface area (TPSA) is 37.3 Å². The molecule has 1 aromatic carbocycles. The molecule has 0 radical (unpaired) electrons. The van der Waals surface area contributed by atoms with Gasteiger partial charge in [-0.05, 0) is 40.9 Å². The van der Waals surface area contributed by atoms with Gasteiger partial charge in [0.2, 0.25) is 0 Å². The van der Waals surface area contributed by atoms with Crippen LogP contribution < -0.4 is 5.32 Å². The summed E-state index contributed by atoms with van der Waals surface area (Å²) in [6.45, 7) is 5.72. The van der Waals surface area contributed by atoms with E-state index in [0.29, 0.717) is 0 Å². The Morgan fingerprint density at radius 3 is 2.87 bits per heavy atom. The van der Waals surface area contributed by atoms with Crippen LogP contribution in [0.2, 0.25) is 0 Å². The highest BCUT2D eigenvalue weighted by atomic mass is 79.9. The van der Waals surface area contributed by atoms with Gasteiger partial charge in [0.05, 0.1) is 0 Å². The molecule has 0 spiro atoms. The first kappa shape index (κ1) is 16.3. The van der Waals surface area contributed by atoms with Crippen molar-refractivity contribution in [3.05, 3.63) is 58.3 Å². The average molecular weight is 376 g/mol. The molecule has 0 aliphatic carbocycles. The maximum atomic E-state index is 12.5. The van der Waals surface area contributed by atoms with Crippen LogP contribution in [0.15, 0.2) is 47.1 Å². The van der Waals surface area contributed by atoms with Gasteiger partial charge in [-0.1, -0.05) is 30.3 Å². The third kappa shape index (κ3) is 4.03. The molecule has 1 fully saturated rings. The Hall–Kier alpha value is -1.59. The van der Waals surface area contributed by atoms with Crippen LogP contribution in [0.25, 0.3) is 0 Å². The van der Waals surface area contributed by atoms with Gasteiger partial charge in [0.25, 0.3) is 5.91 Å². The number of rotatable bonds is 5. The largest absolute Gasteiger partial charge is 0.347 e. The summed E-state index contributed by atoms with van der Waals surface area (Å²) in [7, 11) is 0. The summed E-state index contributed by atoms with van der Waals surface area (Å²) in [5.41, 5.74) is 2.05. The quantitative estimate of drug-likeness (QED) is 0.870. The van der Waals surface area contributed by atoms with Gasteiger partial charge in [-0.3, -0.25) is 9.69 Å². The molecule has 2 heterocycles. The van der Waals surface area contributed by atoms with Crippen LogP contribution in [0, 0.1) is 0 Å². The predicted molar refractivity (Wildman–Crippen MR) is 95.4 cm³/mol. The van der Waals surface area contributed by atoms with E-state index in [4.69, 9.17) is 0 Å². The van der Waals surface area contributed by atoms with Gasteiger partial charge in [-0.15, -0.1) is 0 Å². The Morgan fingerprint density at radius 2 is 2.13 bits per heavy atom. The van der Waals surface area contributed by atoms with Crippen LogP contribution in [0.3, 0.4) is 0 Å². The summed E-state index contributed by atoms with van der Waals surface area (Å²) in [6.07, 6.45) is 2.96. The van der Waals surface area contributed by atoms with Crippen LogP contribution in [0.1, 0.15) is 29.4 Å². The number of aromatic nitrogens is 1. The van der Waals surface area contributed by atoms with E-state index in [9.17, 15) is 4.79 Å². The standard InChI is InChI=1S/C18H22BrN3O/c1-2-22-12-15(19)10-17(22)18(23)20-16-8-9-21(13-16)11-14-6-4-3-5-7-14/h3-7,10,12,16H,2,8-9,11,13H2,1H3,(H,20,23). The molecule has 3 rings (SSSR count). The number of halogens is 1. The number of amides is 1. The Balaban J connectivity index is 1.56. The molecular formula is C18H22BrN3O. The number of hydrogen-bond donors (Lipinski definition) is 1. The molecule has 23 heavy (non-hydrogen) atoms. The molecule has 122 valence electrons. The lowest BCUT2D eigenvalue weighted by Crippen LogP contribution is -2.37. The highest BCUT2D eigenvalue weighted by Gasteiger charge is 2.25. The first-order chi connectivity index (χ1) is 11.2. The lowest BCUT2D eigenvalue weighted by Gasteiger charge is -2.17. The number of carbonyl (C=O) groups excluding carboxylic acids is 1. The molecule has 1 saturated heterocycles. The highest BCUT2D eigenvalue weighted by Crippen LogP contribution is 2.17. The van der Waals surface area contributed by atoms with Gasteiger partial charge in [-0.2, -0.15) is 0 Å². The molecule has 1 unspecified atom stereocenters. The fraction of sp³-hybridized carbons (Fsp3) is 0.389. The van der Waals surface area contributed by atoms with E-state index >= 15 is 0 Å². The van der Waals surface area contributed by atoms with E-state index in [1.165, 1.54) is 5.56 Å². The van der Waals surface area contributed by atoms with Crippen LogP contribution in [0.5, 0.6) is 0 Å². The third-order valence-corrected chi connectivity index (χ3v) is 4.73. The fourth-order valence-electron chi connectivity index (χ4n) is 3.12. The zero-order valence-electron chi connectivity index (χ0n) is 13.3. The number of nitrogens with one attached hydrogen (secondary N) is 1. The maximum absolute atomic E-state index is 12.5. The maximum Gasteiger partial charge on any atom is 0.268 e. The fourth-order valence-corrected chi connectivity index (χ4v) is 3.59. The predicted octanol–water partition coefficient (Wildman–Crippen LogP) is 3.27. The van der Waals surface area contributed by atoms with Crippen molar-refractivity contribution in [2.24, 2.45) is 0 Å². The van der Waals surface area contributed by atoms with Crippen molar-refractivity contribution in [1.29, 1.82) is 0 Å². The van der Waals surface area contributed by atoms with Gasteiger partial charge in [0.15, 0.2) is 0 Å². The van der Waals surface area contributed by atoms with Crippen molar-refractivity contribution < 1.29 is 4.79 Å². The second-order valence-corrected chi connectivity index (χ2v) is 6.93. The van der Waals surface area contributed by atoms with E-state index in [-0.39, 0.29) is 11.9 Å². The van der Waals surface area contributed by atoms with E-state index in [0.717, 1.165) is 42.8 Å². The SMILES string of the molecule is CCn1cc(Br)cc1C(=O)NC1CCN(Cc2ccccc2)C1. The zero-order chi connectivity index (χ0) is 16.2. The van der Waals surface area contributed by atoms with Crippen LogP contribution in [-0.2, 0) is 13.1 Å². The van der Waals surface area contributed by atoms with Crippen molar-refractivity contribution in [3.63, 3.8) is 0 Å². The molecule has 1 aromatic heterocycles. The smallest absolute Gasteiger partial charge is 0.268 e. The van der Waals surface area contributed by atoms with Crippen molar-refractivity contribution in [1.82, 2.24) is 14.8 Å². The van der Waals surface area contributed by atoms with E-state index < -0.39 is 0 Å². The number of nitrogens with zero attached hydrogens (tertiary/aromatic N) is 2. The summed E-state index contributed by atoms with van der Waals surface area (Å²) in [4.78, 5) is 14.9. The minimum Gasteiger partial charge on any atom is -0.347 e. The number of carbonyl (C=O) groups is 1. The van der Waals surface area contributed by atoms with E-state index in [2.05, 4.69) is 50.4 Å². The molecule has 4 nitrogen and oxygen atoms in total. The Kier molecular flexibility index (Phi) is 5.18. The minimum absolute atomic E-state index is 0.0177. The Labute approximate surface area is 145 Å². The lowest BCUT2D eigenvalue weighted by atomic mass is 10.2. The van der Waals surface area contributed by atoms with Crippen LogP contribution >= 0.6 is 15.9 Å². The van der Waals surface area contributed by atoms with Gasteiger partial charge in [0, 0.05) is 42.9 Å². The Morgan fingerprint density at radius 1 is 1.35 bits per heavy atom. The lowest BCUT2D eigenvalue weighted by molar-refractivity contribution is 0.0928. The molecule has 1 aliphatic rings. The van der Waals surface area contributed by atoms with Gasteiger partial charge < -0.3 is 9.88 Å². The normalized spacial score (nSPS) is 18.3. The molecule has 1 aliphatic heterocycles. The van der Waals surface area contributed by atoms with Gasteiger partial charge in [-0.25, -0.2) is 0 Å². The number of hydrogen-bond acceptors (Lipinski definition) is 2.